The van der Waals surface area contributed by atoms with Gasteiger partial charge in [0.2, 0.25) is 5.79 Å². The van der Waals surface area contributed by atoms with Crippen LogP contribution in [-0.4, -0.2) is 57.4 Å². The van der Waals surface area contributed by atoms with Gasteiger partial charge in [-0.15, -0.1) is 0 Å². The summed E-state index contributed by atoms with van der Waals surface area (Å²) in [6.45, 7) is 1.07. The summed E-state index contributed by atoms with van der Waals surface area (Å²) >= 11 is 0. The van der Waals surface area contributed by atoms with E-state index in [1.165, 1.54) is 12.3 Å². The first-order valence-corrected chi connectivity index (χ1v) is 12.9. The molecule has 0 aliphatic carbocycles. The smallest absolute Gasteiger partial charge is 0.373 e. The zero-order valence-corrected chi connectivity index (χ0v) is 23.1. The molecule has 1 amide bonds. The number of nitrogens with two attached hydrogens (primary N) is 1. The van der Waals surface area contributed by atoms with E-state index < -0.39 is 40.7 Å². The van der Waals surface area contributed by atoms with E-state index in [-0.39, 0.29) is 16.9 Å². The quantitative estimate of drug-likeness (QED) is 0.276. The van der Waals surface area contributed by atoms with Gasteiger partial charge in [-0.3, -0.25) is 10.5 Å². The fourth-order valence-corrected chi connectivity index (χ4v) is 4.48. The molecule has 1 aliphatic heterocycles. The summed E-state index contributed by atoms with van der Waals surface area (Å²) in [4.78, 5) is 21.2. The lowest BCUT2D eigenvalue weighted by Gasteiger charge is -2.32. The number of alkyl halides is 5. The van der Waals surface area contributed by atoms with Gasteiger partial charge < -0.3 is 20.4 Å². The number of anilines is 3. The molecule has 0 spiro atoms. The number of carbonyl (C=O) groups is 1. The monoisotopic (exact) mass is 592 g/mol. The van der Waals surface area contributed by atoms with E-state index in [2.05, 4.69) is 15.6 Å². The maximum Gasteiger partial charge on any atom is 0.458 e. The van der Waals surface area contributed by atoms with Crippen molar-refractivity contribution in [2.75, 3.05) is 49.8 Å². The number of benzene rings is 3. The summed E-state index contributed by atoms with van der Waals surface area (Å²) in [7, 11) is 5.33. The summed E-state index contributed by atoms with van der Waals surface area (Å²) in [6, 6.07) is 12.9. The number of nitrogens with one attached hydrogen (secondary N) is 2. The first kappa shape index (κ1) is 30.8. The normalized spacial score (nSPS) is 16.6. The summed E-state index contributed by atoms with van der Waals surface area (Å²) in [5.74, 6) is -8.79. The van der Waals surface area contributed by atoms with Crippen LogP contribution in [0.4, 0.5) is 43.4 Å². The molecule has 0 saturated carbocycles. The zero-order chi connectivity index (χ0) is 30.9. The van der Waals surface area contributed by atoms with Gasteiger partial charge in [0.05, 0.1) is 16.9 Å². The van der Waals surface area contributed by atoms with E-state index in [4.69, 9.17) is 5.73 Å². The van der Waals surface area contributed by atoms with Crippen molar-refractivity contribution in [1.29, 1.82) is 0 Å². The number of nitrogens with zero attached hydrogens (tertiary/aromatic N) is 3. The van der Waals surface area contributed by atoms with Crippen molar-refractivity contribution in [3.8, 4) is 0 Å². The highest BCUT2D eigenvalue weighted by atomic mass is 19.4. The van der Waals surface area contributed by atoms with Gasteiger partial charge in [0.1, 0.15) is 5.82 Å². The molecular weight excluding hydrogens is 562 g/mol. The first-order valence-electron chi connectivity index (χ1n) is 12.9. The van der Waals surface area contributed by atoms with E-state index in [1.54, 1.807) is 30.1 Å². The molecule has 4 rings (SSSR count). The summed E-state index contributed by atoms with van der Waals surface area (Å²) in [5.41, 5.74) is 6.01. The second-order valence-electron chi connectivity index (χ2n) is 10.3. The highest BCUT2D eigenvalue weighted by Gasteiger charge is 2.58. The average Bonchev–Trinajstić information content (AvgIpc) is 2.92. The molecule has 0 bridgehead atoms. The molecule has 0 fully saturated rings. The van der Waals surface area contributed by atoms with Gasteiger partial charge in [0, 0.05) is 42.2 Å². The first-order chi connectivity index (χ1) is 19.6. The van der Waals surface area contributed by atoms with Crippen LogP contribution < -0.4 is 21.3 Å². The Morgan fingerprint density at radius 2 is 1.71 bits per heavy atom. The minimum atomic E-state index is -5.87. The molecule has 4 N–H and O–H groups in total. The summed E-state index contributed by atoms with van der Waals surface area (Å²) < 4.78 is 82.9. The van der Waals surface area contributed by atoms with Gasteiger partial charge in [-0.1, -0.05) is 30.3 Å². The SMILES string of the molecule is CN(C)CCCN(C)c1ccc(C(F)(F)C(F)(F)F)cc1NC(=O)c1cc(C2(N)N=Cc3ccccc3N2)ccc1F. The highest BCUT2D eigenvalue weighted by Crippen LogP contribution is 2.45. The van der Waals surface area contributed by atoms with Gasteiger partial charge in [0.15, 0.2) is 0 Å². The van der Waals surface area contributed by atoms with Crippen LogP contribution in [0, 0.1) is 5.82 Å². The number of fused-ring (bicyclic) bond motifs is 1. The molecule has 3 aromatic rings. The van der Waals surface area contributed by atoms with Crippen LogP contribution in [0.25, 0.3) is 0 Å². The van der Waals surface area contributed by atoms with Crippen molar-refractivity contribution in [3.05, 3.63) is 88.7 Å². The number of amides is 1. The van der Waals surface area contributed by atoms with E-state index in [9.17, 15) is 31.1 Å². The number of aliphatic imine (C=N–C) groups is 1. The lowest BCUT2D eigenvalue weighted by Crippen LogP contribution is -2.45. The van der Waals surface area contributed by atoms with E-state index in [0.717, 1.165) is 23.8 Å². The number of para-hydroxylation sites is 1. The Hall–Kier alpha value is -4.10. The molecular formula is C29H30F6N6O. The number of halogens is 6. The number of hydrogen-bond donors (Lipinski definition) is 3. The predicted octanol–water partition coefficient (Wildman–Crippen LogP) is 5.73. The fourth-order valence-electron chi connectivity index (χ4n) is 4.48. The van der Waals surface area contributed by atoms with Gasteiger partial charge in [0.25, 0.3) is 5.91 Å². The number of rotatable bonds is 9. The molecule has 1 heterocycles. The second kappa shape index (κ2) is 11.6. The van der Waals surface area contributed by atoms with Crippen LogP contribution >= 0.6 is 0 Å². The molecule has 0 saturated heterocycles. The maximum absolute atomic E-state index is 14.9. The topological polar surface area (TPSA) is 86.0 Å². The standard InChI is InChI=1S/C29H30F6N6O/c1-40(2)13-6-14-41(3)25-12-10-19(27(31,32)29(33,34)35)16-24(25)38-26(42)21-15-20(9-11-22(21)30)28(36)37-17-18-7-4-5-8-23(18)39-28/h4-5,7-12,15-17,39H,6,13-14,36H2,1-3H3,(H,38,42). The van der Waals surface area contributed by atoms with Crippen molar-refractivity contribution in [3.63, 3.8) is 0 Å². The van der Waals surface area contributed by atoms with Crippen molar-refractivity contribution in [1.82, 2.24) is 4.90 Å². The van der Waals surface area contributed by atoms with E-state index in [0.29, 0.717) is 37.3 Å². The predicted molar refractivity (Wildman–Crippen MR) is 151 cm³/mol. The molecule has 1 aliphatic rings. The van der Waals surface area contributed by atoms with Gasteiger partial charge in [-0.2, -0.15) is 22.0 Å². The Balaban J connectivity index is 1.68. The van der Waals surface area contributed by atoms with E-state index in [1.807, 2.05) is 25.1 Å². The van der Waals surface area contributed by atoms with Crippen LogP contribution in [0.2, 0.25) is 0 Å². The third-order valence-corrected chi connectivity index (χ3v) is 6.82. The van der Waals surface area contributed by atoms with E-state index >= 15 is 0 Å². The minimum Gasteiger partial charge on any atom is -0.373 e. The number of carbonyl (C=O) groups excluding carboxylic acids is 1. The third-order valence-electron chi connectivity index (χ3n) is 6.82. The Kier molecular flexibility index (Phi) is 8.55. The van der Waals surface area contributed by atoms with Crippen LogP contribution in [-0.2, 0) is 11.7 Å². The Labute approximate surface area is 239 Å². The summed E-state index contributed by atoms with van der Waals surface area (Å²) in [5, 5.41) is 5.38. The average molecular weight is 593 g/mol. The fraction of sp³-hybridized carbons (Fsp3) is 0.310. The molecule has 0 aromatic heterocycles. The highest BCUT2D eigenvalue weighted by molar-refractivity contribution is 6.06. The Morgan fingerprint density at radius 1 is 1.00 bits per heavy atom. The number of hydrogen-bond acceptors (Lipinski definition) is 6. The van der Waals surface area contributed by atoms with Crippen molar-refractivity contribution in [2.24, 2.45) is 10.7 Å². The second-order valence-corrected chi connectivity index (χ2v) is 10.3. The van der Waals surface area contributed by atoms with Crippen molar-refractivity contribution < 1.29 is 31.1 Å². The van der Waals surface area contributed by atoms with Crippen LogP contribution in [0.3, 0.4) is 0 Å². The molecule has 1 unspecified atom stereocenters. The van der Waals surface area contributed by atoms with Gasteiger partial charge in [-0.05, 0) is 57.4 Å². The largest absolute Gasteiger partial charge is 0.458 e. The van der Waals surface area contributed by atoms with Crippen LogP contribution in [0.15, 0.2) is 65.7 Å². The van der Waals surface area contributed by atoms with Crippen LogP contribution in [0.5, 0.6) is 0 Å². The lowest BCUT2D eigenvalue weighted by molar-refractivity contribution is -0.289. The maximum atomic E-state index is 14.9. The molecule has 224 valence electrons. The molecule has 7 nitrogen and oxygen atoms in total. The third kappa shape index (κ3) is 6.36. The molecule has 0 radical (unpaired) electrons. The summed E-state index contributed by atoms with van der Waals surface area (Å²) in [6.07, 6.45) is -3.71. The molecule has 42 heavy (non-hydrogen) atoms. The lowest BCUT2D eigenvalue weighted by atomic mass is 10.0. The van der Waals surface area contributed by atoms with Crippen molar-refractivity contribution in [2.45, 2.75) is 24.3 Å². The van der Waals surface area contributed by atoms with Gasteiger partial charge >= 0.3 is 12.1 Å². The molecule has 3 aromatic carbocycles. The van der Waals surface area contributed by atoms with Gasteiger partial charge in [-0.25, -0.2) is 9.38 Å². The van der Waals surface area contributed by atoms with Crippen LogP contribution in [0.1, 0.15) is 33.5 Å². The molecule has 1 atom stereocenters. The van der Waals surface area contributed by atoms with Crippen molar-refractivity contribution >= 4 is 29.2 Å². The Bertz CT molecular complexity index is 1490. The Morgan fingerprint density at radius 3 is 2.40 bits per heavy atom. The zero-order valence-electron chi connectivity index (χ0n) is 23.1. The minimum absolute atomic E-state index is 0.172. The molecule has 13 heteroatoms.